The van der Waals surface area contributed by atoms with E-state index in [1.54, 1.807) is 11.8 Å². The summed E-state index contributed by atoms with van der Waals surface area (Å²) >= 11 is 1.60. The Bertz CT molecular complexity index is 486. The van der Waals surface area contributed by atoms with Gasteiger partial charge < -0.3 is 29.3 Å². The monoisotopic (exact) mass is 369 g/mol. The molecule has 1 N–H and O–H groups in total. The largest absolute Gasteiger partial charge is 1.00 e. The van der Waals surface area contributed by atoms with Crippen molar-refractivity contribution in [2.75, 3.05) is 11.6 Å². The lowest BCUT2D eigenvalue weighted by Crippen LogP contribution is -3.00. The first-order chi connectivity index (χ1) is 8.38. The van der Waals surface area contributed by atoms with Crippen LogP contribution >= 0.6 is 11.8 Å². The number of nitrogens with zero attached hydrogens (tertiary/aromatic N) is 1. The van der Waals surface area contributed by atoms with Crippen molar-refractivity contribution in [2.45, 2.75) is 0 Å². The lowest BCUT2D eigenvalue weighted by atomic mass is 10.3. The zero-order valence-corrected chi connectivity index (χ0v) is 13.0. The number of thioether (sulfide) groups is 1. The zero-order chi connectivity index (χ0) is 11.9. The fraction of sp³-hybridized carbons (Fsp3) is 0.0714. The molecule has 2 nitrogen and oxygen atoms in total. The van der Waals surface area contributed by atoms with Crippen LogP contribution in [0.25, 0.3) is 0 Å². The Morgan fingerprint density at radius 1 is 0.944 bits per heavy atom. The van der Waals surface area contributed by atoms with Crippen molar-refractivity contribution in [3.8, 4) is 0 Å². The second-order valence-electron chi connectivity index (χ2n) is 3.45. The molecule has 0 atom stereocenters. The minimum Gasteiger partial charge on any atom is -1.00 e. The highest BCUT2D eigenvalue weighted by Crippen LogP contribution is 2.15. The van der Waals surface area contributed by atoms with Gasteiger partial charge in [-0.15, -0.1) is 0 Å². The number of hydrogen-bond donors (Lipinski definition) is 1. The molecule has 0 fully saturated rings. The fourth-order valence-corrected chi connectivity index (χ4v) is 1.81. The molecule has 0 bridgehead atoms. The number of rotatable bonds is 2. The van der Waals surface area contributed by atoms with Gasteiger partial charge in [-0.05, 0) is 30.5 Å². The molecule has 4 heteroatoms. The minimum absolute atomic E-state index is 0. The van der Waals surface area contributed by atoms with Crippen LogP contribution in [0.5, 0.6) is 0 Å². The van der Waals surface area contributed by atoms with Crippen molar-refractivity contribution in [1.29, 1.82) is 0 Å². The van der Waals surface area contributed by atoms with Gasteiger partial charge in [0.1, 0.15) is 0 Å². The molecule has 0 aliphatic rings. The summed E-state index contributed by atoms with van der Waals surface area (Å²) < 4.78 is 0. The summed E-state index contributed by atoms with van der Waals surface area (Å²) in [6.45, 7) is 0. The molecule has 0 amide bonds. The van der Waals surface area contributed by atoms with Crippen LogP contribution in [0.1, 0.15) is 0 Å². The van der Waals surface area contributed by atoms with Gasteiger partial charge in [0.2, 0.25) is 0 Å². The topological polar surface area (TPSA) is 24.4 Å². The summed E-state index contributed by atoms with van der Waals surface area (Å²) in [4.78, 5) is 4.54. The number of aliphatic imine (C=N–C) groups is 1. The summed E-state index contributed by atoms with van der Waals surface area (Å²) in [7, 11) is 0. The van der Waals surface area contributed by atoms with Crippen LogP contribution in [-0.2, 0) is 0 Å². The number of benzene rings is 2. The molecular formula is C14H14IN2S-. The van der Waals surface area contributed by atoms with Gasteiger partial charge in [-0.3, -0.25) is 0 Å². The normalized spacial score (nSPS) is 10.6. The molecule has 0 aliphatic heterocycles. The van der Waals surface area contributed by atoms with Gasteiger partial charge >= 0.3 is 0 Å². The third-order valence-corrected chi connectivity index (χ3v) is 2.79. The number of nitrogens with one attached hydrogen (secondary N) is 1. The predicted octanol–water partition coefficient (Wildman–Crippen LogP) is 1.15. The second kappa shape index (κ2) is 8.16. The highest BCUT2D eigenvalue weighted by Gasteiger charge is 1.98. The number of amidine groups is 1. The van der Waals surface area contributed by atoms with Crippen LogP contribution in [0.4, 0.5) is 11.4 Å². The Kier molecular flexibility index (Phi) is 6.82. The van der Waals surface area contributed by atoms with Crippen molar-refractivity contribution in [2.24, 2.45) is 4.99 Å². The molecule has 0 radical (unpaired) electrons. The predicted molar refractivity (Wildman–Crippen MR) is 77.1 cm³/mol. The van der Waals surface area contributed by atoms with E-state index in [4.69, 9.17) is 0 Å². The van der Waals surface area contributed by atoms with E-state index < -0.39 is 0 Å². The van der Waals surface area contributed by atoms with Crippen LogP contribution in [0.15, 0.2) is 65.7 Å². The van der Waals surface area contributed by atoms with Crippen molar-refractivity contribution < 1.29 is 24.0 Å². The summed E-state index contributed by atoms with van der Waals surface area (Å²) in [5.74, 6) is 0. The van der Waals surface area contributed by atoms with Crippen LogP contribution in [0, 0.1) is 0 Å². The van der Waals surface area contributed by atoms with E-state index >= 15 is 0 Å². The molecular weight excluding hydrogens is 355 g/mol. The zero-order valence-electron chi connectivity index (χ0n) is 10.0. The molecule has 0 aromatic heterocycles. The van der Waals surface area contributed by atoms with E-state index in [-0.39, 0.29) is 24.0 Å². The van der Waals surface area contributed by atoms with E-state index in [1.165, 1.54) is 0 Å². The summed E-state index contributed by atoms with van der Waals surface area (Å²) in [6.07, 6.45) is 2.01. The lowest BCUT2D eigenvalue weighted by Gasteiger charge is -2.07. The molecule has 0 spiro atoms. The van der Waals surface area contributed by atoms with Crippen LogP contribution in [0.2, 0.25) is 0 Å². The molecule has 0 aliphatic carbocycles. The Hall–Kier alpha value is -1.01. The molecule has 18 heavy (non-hydrogen) atoms. The first-order valence-corrected chi connectivity index (χ1v) is 6.61. The molecule has 0 unspecified atom stereocenters. The van der Waals surface area contributed by atoms with E-state index in [0.29, 0.717) is 0 Å². The summed E-state index contributed by atoms with van der Waals surface area (Å²) in [6, 6.07) is 20.0. The maximum absolute atomic E-state index is 4.54. The highest BCUT2D eigenvalue weighted by molar-refractivity contribution is 8.13. The van der Waals surface area contributed by atoms with E-state index in [0.717, 1.165) is 16.5 Å². The molecule has 2 aromatic rings. The van der Waals surface area contributed by atoms with Gasteiger partial charge in [0, 0.05) is 5.69 Å². The van der Waals surface area contributed by atoms with Crippen LogP contribution in [0.3, 0.4) is 0 Å². The molecule has 0 saturated carbocycles. The molecule has 0 heterocycles. The number of para-hydroxylation sites is 2. The molecule has 0 saturated heterocycles. The summed E-state index contributed by atoms with van der Waals surface area (Å²) in [5.41, 5.74) is 2.01. The van der Waals surface area contributed by atoms with E-state index in [2.05, 4.69) is 10.3 Å². The quantitative estimate of drug-likeness (QED) is 0.488. The van der Waals surface area contributed by atoms with Crippen molar-refractivity contribution in [3.63, 3.8) is 0 Å². The third kappa shape index (κ3) is 4.70. The molecule has 2 rings (SSSR count). The Labute approximate surface area is 129 Å². The summed E-state index contributed by atoms with van der Waals surface area (Å²) in [5, 5.41) is 4.18. The first kappa shape index (κ1) is 15.0. The Balaban J connectivity index is 0.00000162. The van der Waals surface area contributed by atoms with Gasteiger partial charge in [0.05, 0.1) is 5.69 Å². The van der Waals surface area contributed by atoms with Crippen LogP contribution in [-0.4, -0.2) is 11.4 Å². The van der Waals surface area contributed by atoms with Gasteiger partial charge in [-0.25, -0.2) is 4.99 Å². The van der Waals surface area contributed by atoms with Crippen molar-refractivity contribution in [1.82, 2.24) is 0 Å². The Morgan fingerprint density at radius 3 is 2.06 bits per heavy atom. The number of anilines is 1. The number of hydrogen-bond acceptors (Lipinski definition) is 2. The third-order valence-electron chi connectivity index (χ3n) is 2.21. The lowest BCUT2D eigenvalue weighted by molar-refractivity contribution is -0.00000338. The van der Waals surface area contributed by atoms with E-state index in [9.17, 15) is 0 Å². The van der Waals surface area contributed by atoms with Gasteiger partial charge in [0.25, 0.3) is 0 Å². The Morgan fingerprint density at radius 2 is 1.50 bits per heavy atom. The van der Waals surface area contributed by atoms with Crippen molar-refractivity contribution >= 4 is 28.3 Å². The fourth-order valence-electron chi connectivity index (χ4n) is 1.39. The van der Waals surface area contributed by atoms with Gasteiger partial charge in [-0.2, -0.15) is 0 Å². The molecule has 2 aromatic carbocycles. The average molecular weight is 369 g/mol. The molecule has 94 valence electrons. The average Bonchev–Trinajstić information content (AvgIpc) is 2.40. The number of halogens is 1. The maximum Gasteiger partial charge on any atom is 0.165 e. The van der Waals surface area contributed by atoms with Crippen molar-refractivity contribution in [3.05, 3.63) is 60.7 Å². The maximum atomic E-state index is 4.54. The SMILES string of the molecule is CSC(=Nc1ccccc1)Nc1ccccc1.[I-]. The van der Waals surface area contributed by atoms with E-state index in [1.807, 2.05) is 66.9 Å². The standard InChI is InChI=1S/C14H14N2S.HI/c1-17-14(15-12-8-4-2-5-9-12)16-13-10-6-3-7-11-13;/h2-11H,1H3,(H,15,16);1H/p-1. The van der Waals surface area contributed by atoms with Gasteiger partial charge in [0.15, 0.2) is 5.17 Å². The van der Waals surface area contributed by atoms with Gasteiger partial charge in [-0.1, -0.05) is 48.2 Å². The second-order valence-corrected chi connectivity index (χ2v) is 4.24. The smallest absolute Gasteiger partial charge is 0.165 e. The minimum atomic E-state index is 0. The highest BCUT2D eigenvalue weighted by atomic mass is 127. The van der Waals surface area contributed by atoms with Crippen LogP contribution < -0.4 is 29.3 Å². The first-order valence-electron chi connectivity index (χ1n) is 5.38.